The number of hydrogen-bond donors (Lipinski definition) is 3. The first-order chi connectivity index (χ1) is 14.1. The number of anilines is 2. The maximum absolute atomic E-state index is 12.9. The summed E-state index contributed by atoms with van der Waals surface area (Å²) in [6.07, 6.45) is 13.9. The maximum atomic E-state index is 12.9. The second-order valence-corrected chi connectivity index (χ2v) is 11.1. The van der Waals surface area contributed by atoms with Crippen LogP contribution >= 0.6 is 24.8 Å². The van der Waals surface area contributed by atoms with Crippen LogP contribution in [-0.2, 0) is 4.79 Å². The van der Waals surface area contributed by atoms with Crippen LogP contribution in [0, 0.1) is 23.7 Å². The molecule has 4 saturated carbocycles. The Morgan fingerprint density at radius 1 is 0.871 bits per heavy atom. The van der Waals surface area contributed by atoms with Crippen molar-refractivity contribution in [1.82, 2.24) is 5.32 Å². The fraction of sp³-hybridized carbons (Fsp3) is 0.720. The van der Waals surface area contributed by atoms with E-state index in [0.29, 0.717) is 24.4 Å². The summed E-state index contributed by atoms with van der Waals surface area (Å²) < 4.78 is 0. The van der Waals surface area contributed by atoms with Crippen LogP contribution in [0.5, 0.6) is 0 Å². The van der Waals surface area contributed by atoms with Crippen LogP contribution in [0.15, 0.2) is 24.3 Å². The number of carbonyl (C=O) groups is 1. The van der Waals surface area contributed by atoms with E-state index in [1.165, 1.54) is 51.4 Å². The topological polar surface area (TPSA) is 53.2 Å². The average molecular weight is 466 g/mol. The zero-order valence-corrected chi connectivity index (χ0v) is 19.9. The summed E-state index contributed by atoms with van der Waals surface area (Å²) in [5, 5.41) is 10.9. The molecule has 3 N–H and O–H groups in total. The molecule has 2 atom stereocenters. The molecular weight excluding hydrogens is 429 g/mol. The van der Waals surface area contributed by atoms with Crippen LogP contribution < -0.4 is 16.0 Å². The zero-order chi connectivity index (χ0) is 19.4. The van der Waals surface area contributed by atoms with E-state index < -0.39 is 0 Å². The molecule has 6 heteroatoms. The standard InChI is InChI=1S/C25H35N3O.2ClH/c29-24(12-16-10-20-5-6-21(11-16)26-20)27-22-3-1-2-4-23(22)28-25-13-17-7-18(14-25)9-19(8-17)15-25;;/h1-4,16-21,26,28H,5-15H2,(H,27,29);2*1H. The minimum Gasteiger partial charge on any atom is -0.378 e. The molecule has 0 spiro atoms. The van der Waals surface area contributed by atoms with Gasteiger partial charge in [0.1, 0.15) is 0 Å². The number of piperidine rings is 1. The molecule has 6 fully saturated rings. The van der Waals surface area contributed by atoms with Gasteiger partial charge in [0.15, 0.2) is 0 Å². The molecular formula is C25H37Cl2N3O. The second-order valence-electron chi connectivity index (χ2n) is 11.1. The van der Waals surface area contributed by atoms with Crippen molar-refractivity contribution in [1.29, 1.82) is 0 Å². The summed E-state index contributed by atoms with van der Waals surface area (Å²) in [6.45, 7) is 0. The van der Waals surface area contributed by atoms with Gasteiger partial charge in [0.25, 0.3) is 0 Å². The highest BCUT2D eigenvalue weighted by atomic mass is 35.5. The van der Waals surface area contributed by atoms with E-state index in [4.69, 9.17) is 0 Å². The molecule has 0 radical (unpaired) electrons. The van der Waals surface area contributed by atoms with E-state index >= 15 is 0 Å². The molecule has 7 rings (SSSR count). The Morgan fingerprint density at radius 2 is 1.42 bits per heavy atom. The average Bonchev–Trinajstić information content (AvgIpc) is 3.00. The fourth-order valence-electron chi connectivity index (χ4n) is 8.06. The largest absolute Gasteiger partial charge is 0.378 e. The minimum absolute atomic E-state index is 0. The third kappa shape index (κ3) is 4.72. The van der Waals surface area contributed by atoms with Crippen molar-refractivity contribution in [3.8, 4) is 0 Å². The van der Waals surface area contributed by atoms with Crippen molar-refractivity contribution in [2.45, 2.75) is 88.3 Å². The molecule has 31 heavy (non-hydrogen) atoms. The van der Waals surface area contributed by atoms with E-state index in [1.54, 1.807) is 0 Å². The molecule has 1 aromatic carbocycles. The Morgan fingerprint density at radius 3 is 2.00 bits per heavy atom. The van der Waals surface area contributed by atoms with Gasteiger partial charge in [0.05, 0.1) is 11.4 Å². The summed E-state index contributed by atoms with van der Waals surface area (Å²) in [5.41, 5.74) is 2.38. The molecule has 0 aromatic heterocycles. The van der Waals surface area contributed by atoms with Crippen molar-refractivity contribution in [2.75, 3.05) is 10.6 Å². The van der Waals surface area contributed by atoms with E-state index in [0.717, 1.165) is 42.0 Å². The molecule has 4 nitrogen and oxygen atoms in total. The molecule has 2 unspecified atom stereocenters. The Bertz CT molecular complexity index is 753. The van der Waals surface area contributed by atoms with E-state index in [9.17, 15) is 4.79 Å². The highest BCUT2D eigenvalue weighted by Gasteiger charge is 2.51. The van der Waals surface area contributed by atoms with Crippen LogP contribution in [0.3, 0.4) is 0 Å². The number of halogens is 2. The van der Waals surface area contributed by atoms with Crippen LogP contribution in [0.25, 0.3) is 0 Å². The molecule has 4 aliphatic carbocycles. The van der Waals surface area contributed by atoms with E-state index in [2.05, 4.69) is 34.1 Å². The van der Waals surface area contributed by atoms with Crippen molar-refractivity contribution in [3.05, 3.63) is 24.3 Å². The number of fused-ring (bicyclic) bond motifs is 2. The first-order valence-corrected chi connectivity index (χ1v) is 12.1. The lowest BCUT2D eigenvalue weighted by molar-refractivity contribution is -0.117. The quantitative estimate of drug-likeness (QED) is 0.517. The maximum Gasteiger partial charge on any atom is 0.224 e. The summed E-state index contributed by atoms with van der Waals surface area (Å²) in [4.78, 5) is 12.9. The molecule has 2 saturated heterocycles. The second kappa shape index (κ2) is 9.11. The Kier molecular flexibility index (Phi) is 6.82. The molecule has 1 amide bonds. The van der Waals surface area contributed by atoms with Gasteiger partial charge in [-0.1, -0.05) is 12.1 Å². The fourth-order valence-corrected chi connectivity index (χ4v) is 8.06. The summed E-state index contributed by atoms with van der Waals surface area (Å²) in [5.74, 6) is 3.50. The van der Waals surface area contributed by atoms with Crippen LogP contribution in [0.4, 0.5) is 11.4 Å². The number of benzene rings is 1. The Labute approximate surface area is 198 Å². The first-order valence-electron chi connectivity index (χ1n) is 12.1. The highest BCUT2D eigenvalue weighted by Crippen LogP contribution is 2.56. The smallest absolute Gasteiger partial charge is 0.224 e. The van der Waals surface area contributed by atoms with Gasteiger partial charge in [-0.2, -0.15) is 0 Å². The lowest BCUT2D eigenvalue weighted by atomic mass is 9.53. The predicted octanol–water partition coefficient (Wildman–Crippen LogP) is 5.77. The number of amides is 1. The third-order valence-electron chi connectivity index (χ3n) is 8.68. The van der Waals surface area contributed by atoms with E-state index in [1.807, 2.05) is 6.07 Å². The summed E-state index contributed by atoms with van der Waals surface area (Å²) >= 11 is 0. The van der Waals surface area contributed by atoms with Crippen LogP contribution in [0.1, 0.15) is 70.6 Å². The summed E-state index contributed by atoms with van der Waals surface area (Å²) in [6, 6.07) is 9.69. The lowest BCUT2D eigenvalue weighted by Crippen LogP contribution is -2.54. The van der Waals surface area contributed by atoms with Crippen molar-refractivity contribution >= 4 is 42.1 Å². The number of para-hydroxylation sites is 2. The highest BCUT2D eigenvalue weighted by molar-refractivity contribution is 5.94. The molecule has 2 heterocycles. The van der Waals surface area contributed by atoms with Gasteiger partial charge < -0.3 is 16.0 Å². The van der Waals surface area contributed by atoms with Crippen molar-refractivity contribution in [2.24, 2.45) is 23.7 Å². The molecule has 6 bridgehead atoms. The first kappa shape index (κ1) is 23.2. The Balaban J connectivity index is 0.00000116. The van der Waals surface area contributed by atoms with Gasteiger partial charge in [-0.05, 0) is 100 Å². The van der Waals surface area contributed by atoms with Gasteiger partial charge in [0, 0.05) is 24.0 Å². The minimum atomic E-state index is 0. The van der Waals surface area contributed by atoms with Crippen molar-refractivity contribution in [3.63, 3.8) is 0 Å². The Hall–Kier alpha value is -0.970. The molecule has 1 aromatic rings. The van der Waals surface area contributed by atoms with Crippen LogP contribution in [0.2, 0.25) is 0 Å². The number of hydrogen-bond acceptors (Lipinski definition) is 3. The van der Waals surface area contributed by atoms with Gasteiger partial charge in [-0.25, -0.2) is 0 Å². The van der Waals surface area contributed by atoms with Gasteiger partial charge >= 0.3 is 0 Å². The van der Waals surface area contributed by atoms with Gasteiger partial charge in [0.2, 0.25) is 5.91 Å². The number of nitrogens with one attached hydrogen (secondary N) is 3. The van der Waals surface area contributed by atoms with E-state index in [-0.39, 0.29) is 36.3 Å². The molecule has 6 aliphatic rings. The predicted molar refractivity (Wildman–Crippen MR) is 131 cm³/mol. The monoisotopic (exact) mass is 465 g/mol. The third-order valence-corrected chi connectivity index (χ3v) is 8.68. The number of rotatable bonds is 5. The number of carbonyl (C=O) groups excluding carboxylic acids is 1. The van der Waals surface area contributed by atoms with Crippen molar-refractivity contribution < 1.29 is 4.79 Å². The van der Waals surface area contributed by atoms with Gasteiger partial charge in [-0.15, -0.1) is 24.8 Å². The normalized spacial score (nSPS) is 39.4. The summed E-state index contributed by atoms with van der Waals surface area (Å²) in [7, 11) is 0. The molecule has 2 aliphatic heterocycles. The zero-order valence-electron chi connectivity index (χ0n) is 18.3. The SMILES string of the molecule is Cl.Cl.O=C(CC1CC2CCC(C1)N2)Nc1ccccc1NC12CC3CC(CC(C3)C1)C2. The van der Waals surface area contributed by atoms with Gasteiger partial charge in [-0.3, -0.25) is 4.79 Å². The van der Waals surface area contributed by atoms with Crippen LogP contribution in [-0.4, -0.2) is 23.5 Å². The molecule has 172 valence electrons. The lowest BCUT2D eigenvalue weighted by Gasteiger charge is -2.57.